The van der Waals surface area contributed by atoms with Crippen LogP contribution in [0.2, 0.25) is 0 Å². The van der Waals surface area contributed by atoms with Crippen LogP contribution < -0.4 is 27.4 Å². The van der Waals surface area contributed by atoms with Crippen LogP contribution in [0.15, 0.2) is 22.9 Å². The van der Waals surface area contributed by atoms with Crippen molar-refractivity contribution in [1.29, 1.82) is 5.41 Å². The van der Waals surface area contributed by atoms with E-state index in [1.807, 2.05) is 6.92 Å². The van der Waals surface area contributed by atoms with Gasteiger partial charge in [-0.15, -0.1) is 0 Å². The van der Waals surface area contributed by atoms with Crippen LogP contribution in [0.1, 0.15) is 5.69 Å². The van der Waals surface area contributed by atoms with Crippen molar-refractivity contribution in [3.8, 4) is 0 Å². The maximum absolute atomic E-state index is 14.1. The molecule has 11 nitrogen and oxygen atoms in total. The molecule has 0 unspecified atom stereocenters. The van der Waals surface area contributed by atoms with Gasteiger partial charge in [0.15, 0.2) is 11.2 Å². The number of halogens is 1. The molecule has 4 aromatic rings. The summed E-state index contributed by atoms with van der Waals surface area (Å²) in [6.45, 7) is 4.16. The highest BCUT2D eigenvalue weighted by Crippen LogP contribution is 2.25. The maximum atomic E-state index is 14.1. The van der Waals surface area contributed by atoms with Crippen LogP contribution in [0.25, 0.3) is 22.0 Å². The molecular weight excluding hydrogens is 391 g/mol. The van der Waals surface area contributed by atoms with Crippen LogP contribution in [0.5, 0.6) is 0 Å². The molecule has 0 bridgehead atoms. The first kappa shape index (κ1) is 19.6. The molecule has 0 fully saturated rings. The number of hydrogen-bond donors (Lipinski definition) is 5. The lowest BCUT2D eigenvalue weighted by atomic mass is 10.2. The van der Waals surface area contributed by atoms with Gasteiger partial charge in [0.1, 0.15) is 11.6 Å². The van der Waals surface area contributed by atoms with Gasteiger partial charge in [-0.2, -0.15) is 10.1 Å². The lowest BCUT2D eigenvalue weighted by Gasteiger charge is -2.11. The van der Waals surface area contributed by atoms with E-state index in [9.17, 15) is 4.39 Å². The third kappa shape index (κ3) is 3.52. The summed E-state index contributed by atoms with van der Waals surface area (Å²) in [6, 6.07) is 3.04. The number of hydrogen-bond acceptors (Lipinski definition) is 9. The minimum Gasteiger partial charge on any atom is -0.383 e. The average molecular weight is 414 g/mol. The van der Waals surface area contributed by atoms with E-state index < -0.39 is 0 Å². The number of fused-ring (bicyclic) bond motifs is 2. The number of anilines is 2. The summed E-state index contributed by atoms with van der Waals surface area (Å²) in [4.78, 5) is 4.25. The zero-order valence-electron chi connectivity index (χ0n) is 16.7. The lowest BCUT2D eigenvalue weighted by molar-refractivity contribution is 0.449. The summed E-state index contributed by atoms with van der Waals surface area (Å²) in [5.41, 5.74) is 11.0. The van der Waals surface area contributed by atoms with Crippen LogP contribution in [0, 0.1) is 18.2 Å². The summed E-state index contributed by atoms with van der Waals surface area (Å²) in [5, 5.41) is 23.9. The van der Waals surface area contributed by atoms with E-state index in [2.05, 4.69) is 31.3 Å². The minimum absolute atomic E-state index is 0.00321. The predicted molar refractivity (Wildman–Crippen MR) is 111 cm³/mol. The molecule has 0 saturated carbocycles. The van der Waals surface area contributed by atoms with Gasteiger partial charge in [0.05, 0.1) is 29.5 Å². The van der Waals surface area contributed by atoms with Crippen molar-refractivity contribution in [1.82, 2.24) is 29.9 Å². The van der Waals surface area contributed by atoms with Crippen LogP contribution in [-0.4, -0.2) is 51.3 Å². The van der Waals surface area contributed by atoms with Crippen LogP contribution in [0.4, 0.5) is 15.9 Å². The second-order valence-corrected chi connectivity index (χ2v) is 6.76. The fourth-order valence-electron chi connectivity index (χ4n) is 3.26. The second kappa shape index (κ2) is 7.99. The summed E-state index contributed by atoms with van der Waals surface area (Å²) in [7, 11) is 1.67. The molecule has 12 heteroatoms. The number of nitrogens with two attached hydrogens (primary N) is 1. The first-order valence-electron chi connectivity index (χ1n) is 9.46. The van der Waals surface area contributed by atoms with Crippen molar-refractivity contribution < 1.29 is 8.91 Å². The first-order valence-corrected chi connectivity index (χ1v) is 9.46. The number of nitrogen functional groups attached to an aromatic ring is 1. The Morgan fingerprint density at radius 1 is 1.23 bits per heavy atom. The molecule has 0 aliphatic heterocycles. The second-order valence-electron chi connectivity index (χ2n) is 6.76. The van der Waals surface area contributed by atoms with Crippen molar-refractivity contribution in [2.45, 2.75) is 13.5 Å². The molecule has 0 spiro atoms. The fourth-order valence-corrected chi connectivity index (χ4v) is 3.26. The normalized spacial score (nSPS) is 11.4. The van der Waals surface area contributed by atoms with Gasteiger partial charge in [-0.25, -0.2) is 13.7 Å². The molecule has 4 rings (SSSR count). The summed E-state index contributed by atoms with van der Waals surface area (Å²) < 4.78 is 22.3. The molecule has 30 heavy (non-hydrogen) atoms. The fraction of sp³-hybridized carbons (Fsp3) is 0.333. The molecule has 6 N–H and O–H groups in total. The van der Waals surface area contributed by atoms with E-state index in [-0.39, 0.29) is 11.4 Å². The smallest absolute Gasteiger partial charge is 0.244 e. The standard InChI is InChI=1S/C18H23FN10O/c1-10-11-7-14(13(19)8-15(11)30-27-10)24-4-3-23-5-6-28-17-12(9-25-28)16(20)29(22-2)18(21)26-17/h7-9,21-24H,3-6,20H2,1-2H3. The highest BCUT2D eigenvalue weighted by atomic mass is 19.1. The third-order valence-electron chi connectivity index (χ3n) is 4.83. The number of benzene rings is 1. The van der Waals surface area contributed by atoms with E-state index in [0.717, 1.165) is 11.1 Å². The molecule has 0 radical (unpaired) electrons. The molecule has 0 aliphatic carbocycles. The first-order chi connectivity index (χ1) is 14.5. The Morgan fingerprint density at radius 3 is 2.87 bits per heavy atom. The van der Waals surface area contributed by atoms with Crippen molar-refractivity contribution >= 4 is 33.5 Å². The highest BCUT2D eigenvalue weighted by molar-refractivity contribution is 5.85. The average Bonchev–Trinajstić information content (AvgIpc) is 3.28. The molecule has 1 aromatic carbocycles. The van der Waals surface area contributed by atoms with E-state index in [1.165, 1.54) is 10.7 Å². The Balaban J connectivity index is 1.31. The maximum Gasteiger partial charge on any atom is 0.244 e. The van der Waals surface area contributed by atoms with Gasteiger partial charge in [0, 0.05) is 38.1 Å². The SMILES string of the molecule is CNn1c(N)c2cnn(CCNCCNc3cc4c(C)noc4cc3F)c2nc1=N. The van der Waals surface area contributed by atoms with Crippen LogP contribution in [-0.2, 0) is 6.54 Å². The van der Waals surface area contributed by atoms with Gasteiger partial charge in [-0.05, 0) is 13.0 Å². The number of aromatic nitrogens is 5. The molecule has 0 aliphatic rings. The van der Waals surface area contributed by atoms with E-state index in [1.54, 1.807) is 24.0 Å². The zero-order chi connectivity index (χ0) is 21.3. The Bertz CT molecular complexity index is 1260. The largest absolute Gasteiger partial charge is 0.383 e. The quantitative estimate of drug-likeness (QED) is 0.265. The van der Waals surface area contributed by atoms with Crippen molar-refractivity contribution in [2.24, 2.45) is 0 Å². The highest BCUT2D eigenvalue weighted by Gasteiger charge is 2.12. The van der Waals surface area contributed by atoms with Gasteiger partial charge in [-0.3, -0.25) is 5.41 Å². The van der Waals surface area contributed by atoms with Gasteiger partial charge in [-0.1, -0.05) is 5.16 Å². The lowest BCUT2D eigenvalue weighted by Crippen LogP contribution is -2.32. The summed E-state index contributed by atoms with van der Waals surface area (Å²) in [5.74, 6) is 0.00768. The molecular formula is C18H23FN10O. The molecule has 3 heterocycles. The molecule has 158 valence electrons. The van der Waals surface area contributed by atoms with Crippen LogP contribution in [0.3, 0.4) is 0 Å². The number of aryl methyl sites for hydroxylation is 1. The summed E-state index contributed by atoms with van der Waals surface area (Å²) >= 11 is 0. The van der Waals surface area contributed by atoms with E-state index in [0.29, 0.717) is 54.3 Å². The van der Waals surface area contributed by atoms with Crippen molar-refractivity contribution in [3.63, 3.8) is 0 Å². The Labute approximate surface area is 170 Å². The Kier molecular flexibility index (Phi) is 5.23. The molecule has 3 aromatic heterocycles. The van der Waals surface area contributed by atoms with E-state index in [4.69, 9.17) is 15.7 Å². The number of nitrogens with one attached hydrogen (secondary N) is 4. The Morgan fingerprint density at radius 2 is 2.07 bits per heavy atom. The van der Waals surface area contributed by atoms with Crippen molar-refractivity contribution in [2.75, 3.05) is 43.2 Å². The monoisotopic (exact) mass is 414 g/mol. The minimum atomic E-state index is -0.379. The molecule has 0 amide bonds. The zero-order valence-corrected chi connectivity index (χ0v) is 16.7. The Hall–Kier alpha value is -3.67. The topological polar surface area (TPSA) is 148 Å². The predicted octanol–water partition coefficient (Wildman–Crippen LogP) is 0.758. The summed E-state index contributed by atoms with van der Waals surface area (Å²) in [6.07, 6.45) is 1.64. The van der Waals surface area contributed by atoms with Gasteiger partial charge in [0.25, 0.3) is 0 Å². The number of nitrogens with zero attached hydrogens (tertiary/aromatic N) is 5. The van der Waals surface area contributed by atoms with Gasteiger partial charge < -0.3 is 26.3 Å². The third-order valence-corrected chi connectivity index (χ3v) is 4.83. The van der Waals surface area contributed by atoms with Gasteiger partial charge in [0.2, 0.25) is 5.62 Å². The van der Waals surface area contributed by atoms with Crippen LogP contribution >= 0.6 is 0 Å². The van der Waals surface area contributed by atoms with Gasteiger partial charge >= 0.3 is 0 Å². The van der Waals surface area contributed by atoms with Crippen molar-refractivity contribution in [3.05, 3.63) is 35.5 Å². The molecule has 0 saturated heterocycles. The van der Waals surface area contributed by atoms with E-state index >= 15 is 0 Å². The molecule has 0 atom stereocenters. The number of rotatable bonds is 8.